The Bertz CT molecular complexity index is 1150. The molecule has 3 rings (SSSR count). The molecule has 0 saturated carbocycles. The number of para-hydroxylation sites is 1. The van der Waals surface area contributed by atoms with Gasteiger partial charge in [0.05, 0.1) is 21.9 Å². The summed E-state index contributed by atoms with van der Waals surface area (Å²) in [5, 5.41) is 7.77. The Morgan fingerprint density at radius 3 is 2.30 bits per heavy atom. The van der Waals surface area contributed by atoms with E-state index < -0.39 is 5.91 Å². The summed E-state index contributed by atoms with van der Waals surface area (Å²) in [6.07, 6.45) is 1.46. The lowest BCUT2D eigenvalue weighted by Gasteiger charge is -2.09. The Morgan fingerprint density at radius 2 is 1.58 bits per heavy atom. The summed E-state index contributed by atoms with van der Waals surface area (Å²) in [7, 11) is 0. The first kappa shape index (κ1) is 24.4. The topological polar surface area (TPSA) is 89.0 Å². The van der Waals surface area contributed by atoms with Crippen molar-refractivity contribution in [3.05, 3.63) is 87.4 Å². The van der Waals surface area contributed by atoms with Gasteiger partial charge in [-0.1, -0.05) is 46.9 Å². The average Bonchev–Trinajstić information content (AvgIpc) is 2.79. The third kappa shape index (κ3) is 7.98. The smallest absolute Gasteiger partial charge is 0.277 e. The van der Waals surface area contributed by atoms with Gasteiger partial charge in [-0.05, 0) is 60.2 Å². The van der Waals surface area contributed by atoms with E-state index in [1.165, 1.54) is 12.3 Å². The predicted molar refractivity (Wildman–Crippen MR) is 130 cm³/mol. The lowest BCUT2D eigenvalue weighted by Crippen LogP contribution is -2.24. The van der Waals surface area contributed by atoms with E-state index in [4.69, 9.17) is 44.3 Å². The number of hydrogen-bond donors (Lipinski definition) is 2. The van der Waals surface area contributed by atoms with E-state index in [9.17, 15) is 9.59 Å². The van der Waals surface area contributed by atoms with Crippen LogP contribution in [0.5, 0.6) is 11.5 Å². The molecule has 0 aliphatic rings. The quantitative estimate of drug-likeness (QED) is 0.309. The van der Waals surface area contributed by atoms with Gasteiger partial charge in [0.2, 0.25) is 0 Å². The van der Waals surface area contributed by atoms with Crippen molar-refractivity contribution >= 4 is 58.5 Å². The van der Waals surface area contributed by atoms with E-state index in [2.05, 4.69) is 15.8 Å². The summed E-state index contributed by atoms with van der Waals surface area (Å²) in [6, 6.07) is 18.4. The van der Waals surface area contributed by atoms with Crippen molar-refractivity contribution in [1.29, 1.82) is 0 Å². The Balaban J connectivity index is 1.40. The summed E-state index contributed by atoms with van der Waals surface area (Å²) in [4.78, 5) is 23.9. The number of anilines is 1. The second-order valence-electron chi connectivity index (χ2n) is 6.54. The summed E-state index contributed by atoms with van der Waals surface area (Å²) >= 11 is 17.8. The van der Waals surface area contributed by atoms with Crippen LogP contribution in [-0.2, 0) is 9.59 Å². The first-order valence-electron chi connectivity index (χ1n) is 9.58. The SMILES string of the molecule is O=C(COc1ccc(Cl)cc1Cl)N/N=C/c1ccc(OCC(=O)Nc2ccccc2Cl)cc1. The molecule has 10 heteroatoms. The zero-order valence-electron chi connectivity index (χ0n) is 17.1. The molecule has 3 aromatic rings. The van der Waals surface area contributed by atoms with E-state index in [1.54, 1.807) is 60.7 Å². The highest BCUT2D eigenvalue weighted by Crippen LogP contribution is 2.27. The van der Waals surface area contributed by atoms with Crippen molar-refractivity contribution in [3.8, 4) is 11.5 Å². The number of benzene rings is 3. The van der Waals surface area contributed by atoms with Crippen LogP contribution in [0.3, 0.4) is 0 Å². The number of nitrogens with zero attached hydrogens (tertiary/aromatic N) is 1. The molecular weight excluding hydrogens is 489 g/mol. The summed E-state index contributed by atoms with van der Waals surface area (Å²) < 4.78 is 10.8. The monoisotopic (exact) mass is 505 g/mol. The van der Waals surface area contributed by atoms with Gasteiger partial charge in [0.1, 0.15) is 11.5 Å². The van der Waals surface area contributed by atoms with Crippen molar-refractivity contribution in [1.82, 2.24) is 5.43 Å². The third-order valence-electron chi connectivity index (χ3n) is 4.05. The van der Waals surface area contributed by atoms with Crippen LogP contribution < -0.4 is 20.2 Å². The lowest BCUT2D eigenvalue weighted by molar-refractivity contribution is -0.123. The third-order valence-corrected chi connectivity index (χ3v) is 4.91. The standard InChI is InChI=1S/C23H18Cl3N3O4/c24-16-7-10-21(19(26)11-16)33-14-23(31)29-27-12-15-5-8-17(9-6-15)32-13-22(30)28-20-4-2-1-3-18(20)25/h1-12H,13-14H2,(H,28,30)(H,29,31)/b27-12+. The van der Waals surface area contributed by atoms with Crippen molar-refractivity contribution in [3.63, 3.8) is 0 Å². The van der Waals surface area contributed by atoms with Crippen LogP contribution in [0.4, 0.5) is 5.69 Å². The van der Waals surface area contributed by atoms with Crippen LogP contribution in [0.2, 0.25) is 15.1 Å². The van der Waals surface area contributed by atoms with Gasteiger partial charge in [0.15, 0.2) is 13.2 Å². The van der Waals surface area contributed by atoms with Crippen LogP contribution in [0.15, 0.2) is 71.8 Å². The molecular formula is C23H18Cl3N3O4. The van der Waals surface area contributed by atoms with Gasteiger partial charge in [-0.2, -0.15) is 5.10 Å². The maximum absolute atomic E-state index is 12.0. The minimum absolute atomic E-state index is 0.174. The van der Waals surface area contributed by atoms with E-state index >= 15 is 0 Å². The van der Waals surface area contributed by atoms with Gasteiger partial charge in [0.25, 0.3) is 11.8 Å². The van der Waals surface area contributed by atoms with Gasteiger partial charge in [0, 0.05) is 5.02 Å². The number of amides is 2. The van der Waals surface area contributed by atoms with Crippen molar-refractivity contribution < 1.29 is 19.1 Å². The van der Waals surface area contributed by atoms with Crippen LogP contribution >= 0.6 is 34.8 Å². The molecule has 3 aromatic carbocycles. The number of carbonyl (C=O) groups excluding carboxylic acids is 2. The molecule has 2 amide bonds. The zero-order valence-corrected chi connectivity index (χ0v) is 19.3. The highest BCUT2D eigenvalue weighted by Gasteiger charge is 2.07. The van der Waals surface area contributed by atoms with Crippen LogP contribution in [0.1, 0.15) is 5.56 Å². The number of rotatable bonds is 9. The van der Waals surface area contributed by atoms with Gasteiger partial charge in [-0.25, -0.2) is 5.43 Å². The molecule has 0 saturated heterocycles. The van der Waals surface area contributed by atoms with E-state index in [-0.39, 0.29) is 19.1 Å². The minimum atomic E-state index is -0.457. The van der Waals surface area contributed by atoms with Crippen LogP contribution in [-0.4, -0.2) is 31.2 Å². The van der Waals surface area contributed by atoms with Gasteiger partial charge >= 0.3 is 0 Å². The van der Waals surface area contributed by atoms with Gasteiger partial charge < -0.3 is 14.8 Å². The maximum Gasteiger partial charge on any atom is 0.277 e. The molecule has 0 spiro atoms. The number of hydrogen-bond acceptors (Lipinski definition) is 5. The summed E-state index contributed by atoms with van der Waals surface area (Å²) in [5.74, 6) is 0.0513. The molecule has 0 bridgehead atoms. The highest BCUT2D eigenvalue weighted by atomic mass is 35.5. The van der Waals surface area contributed by atoms with Gasteiger partial charge in [-0.15, -0.1) is 0 Å². The number of hydrazone groups is 1. The van der Waals surface area contributed by atoms with E-state index in [1.807, 2.05) is 0 Å². The first-order chi connectivity index (χ1) is 15.9. The maximum atomic E-state index is 12.0. The fraction of sp³-hybridized carbons (Fsp3) is 0.0870. The summed E-state index contributed by atoms with van der Waals surface area (Å²) in [5.41, 5.74) is 3.59. The minimum Gasteiger partial charge on any atom is -0.484 e. The lowest BCUT2D eigenvalue weighted by atomic mass is 10.2. The van der Waals surface area contributed by atoms with Crippen molar-refractivity contribution in [2.24, 2.45) is 5.10 Å². The Labute approximate surface area is 205 Å². The second-order valence-corrected chi connectivity index (χ2v) is 7.79. The molecule has 0 fully saturated rings. The second kappa shape index (κ2) is 12.1. The average molecular weight is 507 g/mol. The molecule has 7 nitrogen and oxygen atoms in total. The predicted octanol–water partition coefficient (Wildman–Crippen LogP) is 5.19. The number of ether oxygens (including phenoxy) is 2. The first-order valence-corrected chi connectivity index (χ1v) is 10.7. The van der Waals surface area contributed by atoms with Crippen LogP contribution in [0.25, 0.3) is 0 Å². The number of nitrogens with one attached hydrogen (secondary N) is 2. The fourth-order valence-corrected chi connectivity index (χ4v) is 3.14. The van der Waals surface area contributed by atoms with Crippen molar-refractivity contribution in [2.45, 2.75) is 0 Å². The molecule has 0 radical (unpaired) electrons. The normalized spacial score (nSPS) is 10.6. The largest absolute Gasteiger partial charge is 0.484 e. The molecule has 0 heterocycles. The number of halogens is 3. The Hall–Kier alpha value is -3.26. The molecule has 170 valence electrons. The Morgan fingerprint density at radius 1 is 0.848 bits per heavy atom. The molecule has 0 aromatic heterocycles. The molecule has 2 N–H and O–H groups in total. The molecule has 0 aliphatic carbocycles. The van der Waals surface area contributed by atoms with Crippen molar-refractivity contribution in [2.75, 3.05) is 18.5 Å². The number of carbonyl (C=O) groups is 2. The molecule has 33 heavy (non-hydrogen) atoms. The zero-order chi connectivity index (χ0) is 23.6. The fourth-order valence-electron chi connectivity index (χ4n) is 2.49. The molecule has 0 aliphatic heterocycles. The summed E-state index contributed by atoms with van der Waals surface area (Å²) in [6.45, 7) is -0.436. The van der Waals surface area contributed by atoms with E-state index in [0.717, 1.165) is 0 Å². The van der Waals surface area contributed by atoms with Gasteiger partial charge in [-0.3, -0.25) is 9.59 Å². The van der Waals surface area contributed by atoms with E-state index in [0.29, 0.717) is 37.8 Å². The molecule has 0 unspecified atom stereocenters. The van der Waals surface area contributed by atoms with Crippen LogP contribution in [0, 0.1) is 0 Å². The molecule has 0 atom stereocenters. The Kier molecular flexibility index (Phi) is 8.95. The highest BCUT2D eigenvalue weighted by molar-refractivity contribution is 6.35.